The SMILES string of the molecule is Cn1ncc(Br)c1CNC(=S)Nc1cnn(Cc2cccc(Cl)c2)c1. The maximum atomic E-state index is 6.01. The van der Waals surface area contributed by atoms with Crippen LogP contribution in [-0.4, -0.2) is 24.7 Å². The highest BCUT2D eigenvalue weighted by Gasteiger charge is 2.07. The van der Waals surface area contributed by atoms with Crippen LogP contribution in [0.4, 0.5) is 5.69 Å². The van der Waals surface area contributed by atoms with E-state index in [0.29, 0.717) is 18.2 Å². The molecule has 0 aliphatic carbocycles. The van der Waals surface area contributed by atoms with Gasteiger partial charge >= 0.3 is 0 Å². The summed E-state index contributed by atoms with van der Waals surface area (Å²) in [6.07, 6.45) is 5.39. The molecule has 0 spiro atoms. The Hall–Kier alpha value is -1.90. The predicted molar refractivity (Wildman–Crippen MR) is 107 cm³/mol. The second-order valence-corrected chi connectivity index (χ2v) is 7.13. The van der Waals surface area contributed by atoms with E-state index in [4.69, 9.17) is 23.8 Å². The summed E-state index contributed by atoms with van der Waals surface area (Å²) >= 11 is 14.8. The maximum absolute atomic E-state index is 6.01. The second kappa shape index (κ2) is 7.99. The van der Waals surface area contributed by atoms with Gasteiger partial charge in [-0.3, -0.25) is 9.36 Å². The number of hydrogen-bond acceptors (Lipinski definition) is 3. The van der Waals surface area contributed by atoms with Crippen molar-refractivity contribution >= 4 is 50.5 Å². The molecule has 0 aliphatic heterocycles. The number of nitrogens with one attached hydrogen (secondary N) is 2. The van der Waals surface area contributed by atoms with Gasteiger partial charge in [-0.15, -0.1) is 0 Å². The fourth-order valence-electron chi connectivity index (χ4n) is 2.31. The summed E-state index contributed by atoms with van der Waals surface area (Å²) in [6.45, 7) is 1.21. The highest BCUT2D eigenvalue weighted by molar-refractivity contribution is 9.10. The maximum Gasteiger partial charge on any atom is 0.171 e. The first-order valence-corrected chi connectivity index (χ1v) is 9.07. The molecular formula is C16H16BrClN6S. The van der Waals surface area contributed by atoms with Crippen molar-refractivity contribution in [3.8, 4) is 0 Å². The Balaban J connectivity index is 1.55. The van der Waals surface area contributed by atoms with E-state index in [1.807, 2.05) is 42.2 Å². The van der Waals surface area contributed by atoms with Gasteiger partial charge in [0.1, 0.15) is 0 Å². The summed E-state index contributed by atoms with van der Waals surface area (Å²) in [6, 6.07) is 7.72. The van der Waals surface area contributed by atoms with Crippen molar-refractivity contribution in [2.24, 2.45) is 7.05 Å². The molecule has 0 unspecified atom stereocenters. The second-order valence-electron chi connectivity index (χ2n) is 5.43. The van der Waals surface area contributed by atoms with Crippen molar-refractivity contribution in [2.45, 2.75) is 13.1 Å². The number of rotatable bonds is 5. The van der Waals surface area contributed by atoms with Gasteiger partial charge in [0.2, 0.25) is 0 Å². The zero-order valence-electron chi connectivity index (χ0n) is 13.4. The molecule has 0 amide bonds. The first-order valence-electron chi connectivity index (χ1n) is 7.49. The zero-order chi connectivity index (χ0) is 17.8. The highest BCUT2D eigenvalue weighted by Crippen LogP contribution is 2.15. The lowest BCUT2D eigenvalue weighted by atomic mass is 10.2. The number of benzene rings is 1. The van der Waals surface area contributed by atoms with Crippen molar-refractivity contribution in [2.75, 3.05) is 5.32 Å². The first-order chi connectivity index (χ1) is 12.0. The van der Waals surface area contributed by atoms with Gasteiger partial charge in [-0.25, -0.2) is 0 Å². The lowest BCUT2D eigenvalue weighted by molar-refractivity contribution is 0.687. The summed E-state index contributed by atoms with van der Waals surface area (Å²) in [7, 11) is 1.89. The normalized spacial score (nSPS) is 10.7. The molecule has 0 aliphatic rings. The van der Waals surface area contributed by atoms with E-state index in [9.17, 15) is 0 Å². The van der Waals surface area contributed by atoms with Crippen molar-refractivity contribution in [3.05, 3.63) is 63.6 Å². The summed E-state index contributed by atoms with van der Waals surface area (Å²) in [5, 5.41) is 16.0. The van der Waals surface area contributed by atoms with E-state index < -0.39 is 0 Å². The lowest BCUT2D eigenvalue weighted by Crippen LogP contribution is -2.28. The van der Waals surface area contributed by atoms with E-state index in [-0.39, 0.29) is 0 Å². The third-order valence-corrected chi connectivity index (χ3v) is 4.70. The third-order valence-electron chi connectivity index (χ3n) is 3.55. The van der Waals surface area contributed by atoms with E-state index in [0.717, 1.165) is 26.4 Å². The quantitative estimate of drug-likeness (QED) is 0.595. The zero-order valence-corrected chi connectivity index (χ0v) is 16.6. The molecule has 0 saturated carbocycles. The smallest absolute Gasteiger partial charge is 0.171 e. The summed E-state index contributed by atoms with van der Waals surface area (Å²) in [4.78, 5) is 0. The minimum absolute atomic E-state index is 0.524. The van der Waals surface area contributed by atoms with Crippen molar-refractivity contribution in [1.82, 2.24) is 24.9 Å². The molecule has 0 bridgehead atoms. The van der Waals surface area contributed by atoms with E-state index in [2.05, 4.69) is 36.8 Å². The molecule has 2 N–H and O–H groups in total. The molecule has 130 valence electrons. The molecule has 2 aromatic heterocycles. The average molecular weight is 440 g/mol. The van der Waals surface area contributed by atoms with E-state index in [1.165, 1.54) is 0 Å². The van der Waals surface area contributed by atoms with Crippen LogP contribution in [0.2, 0.25) is 5.02 Å². The number of halogens is 2. The molecule has 0 saturated heterocycles. The van der Waals surface area contributed by atoms with E-state index in [1.54, 1.807) is 17.1 Å². The molecule has 25 heavy (non-hydrogen) atoms. The Bertz CT molecular complexity index is 871. The van der Waals surface area contributed by atoms with Crippen LogP contribution in [0, 0.1) is 0 Å². The topological polar surface area (TPSA) is 59.7 Å². The number of aryl methyl sites for hydroxylation is 1. The fourth-order valence-corrected chi connectivity index (χ4v) is 3.20. The predicted octanol–water partition coefficient (Wildman–Crippen LogP) is 3.57. The molecule has 2 heterocycles. The molecule has 0 radical (unpaired) electrons. The Morgan fingerprint density at radius 1 is 1.32 bits per heavy atom. The van der Waals surface area contributed by atoms with Crippen LogP contribution < -0.4 is 10.6 Å². The summed E-state index contributed by atoms with van der Waals surface area (Å²) in [5.74, 6) is 0. The van der Waals surface area contributed by atoms with Crippen LogP contribution in [0.1, 0.15) is 11.3 Å². The van der Waals surface area contributed by atoms with Gasteiger partial charge in [-0.05, 0) is 45.8 Å². The van der Waals surface area contributed by atoms with Crippen molar-refractivity contribution in [3.63, 3.8) is 0 Å². The third kappa shape index (κ3) is 4.81. The van der Waals surface area contributed by atoms with Crippen molar-refractivity contribution in [1.29, 1.82) is 0 Å². The molecule has 6 nitrogen and oxygen atoms in total. The van der Waals surface area contributed by atoms with Gasteiger partial charge in [-0.1, -0.05) is 23.7 Å². The van der Waals surface area contributed by atoms with Gasteiger partial charge in [0, 0.05) is 18.3 Å². The largest absolute Gasteiger partial charge is 0.357 e. The highest BCUT2D eigenvalue weighted by atomic mass is 79.9. The Morgan fingerprint density at radius 3 is 2.88 bits per heavy atom. The molecule has 0 fully saturated rings. The molecule has 3 rings (SSSR count). The summed E-state index contributed by atoms with van der Waals surface area (Å²) in [5.41, 5.74) is 2.92. The van der Waals surface area contributed by atoms with Gasteiger partial charge in [-0.2, -0.15) is 10.2 Å². The van der Waals surface area contributed by atoms with Crippen LogP contribution in [0.15, 0.2) is 47.3 Å². The molecule has 3 aromatic rings. The minimum atomic E-state index is 0.524. The number of anilines is 1. The average Bonchev–Trinajstić information content (AvgIpc) is 3.12. The number of thiocarbonyl (C=S) groups is 1. The molecular weight excluding hydrogens is 424 g/mol. The number of aromatic nitrogens is 4. The van der Waals surface area contributed by atoms with Crippen LogP contribution in [-0.2, 0) is 20.1 Å². The molecule has 9 heteroatoms. The Morgan fingerprint density at radius 2 is 2.16 bits per heavy atom. The summed E-state index contributed by atoms with van der Waals surface area (Å²) < 4.78 is 4.57. The van der Waals surface area contributed by atoms with Gasteiger partial charge in [0.05, 0.1) is 41.3 Å². The van der Waals surface area contributed by atoms with Gasteiger partial charge in [0.25, 0.3) is 0 Å². The van der Waals surface area contributed by atoms with Crippen LogP contribution >= 0.6 is 39.7 Å². The van der Waals surface area contributed by atoms with Crippen LogP contribution in [0.5, 0.6) is 0 Å². The first kappa shape index (κ1) is 17.9. The van der Waals surface area contributed by atoms with E-state index >= 15 is 0 Å². The number of nitrogens with zero attached hydrogens (tertiary/aromatic N) is 4. The molecule has 1 aromatic carbocycles. The van der Waals surface area contributed by atoms with Gasteiger partial charge in [0.15, 0.2) is 5.11 Å². The Labute approximate surface area is 164 Å². The number of hydrogen-bond donors (Lipinski definition) is 2. The minimum Gasteiger partial charge on any atom is -0.357 e. The standard InChI is InChI=1S/C16H16BrClN6S/c1-23-15(14(17)7-20-23)8-19-16(25)22-13-6-21-24(10-13)9-11-3-2-4-12(18)5-11/h2-7,10H,8-9H2,1H3,(H2,19,22,25). The lowest BCUT2D eigenvalue weighted by Gasteiger charge is -2.09. The van der Waals surface area contributed by atoms with Crippen molar-refractivity contribution < 1.29 is 0 Å². The monoisotopic (exact) mass is 438 g/mol. The molecule has 0 atom stereocenters. The van der Waals surface area contributed by atoms with Crippen LogP contribution in [0.25, 0.3) is 0 Å². The Kier molecular flexibility index (Phi) is 5.72. The fraction of sp³-hybridized carbons (Fsp3) is 0.188. The van der Waals surface area contributed by atoms with Crippen LogP contribution in [0.3, 0.4) is 0 Å². The van der Waals surface area contributed by atoms with Gasteiger partial charge < -0.3 is 10.6 Å².